The lowest BCUT2D eigenvalue weighted by atomic mass is 9.87. The summed E-state index contributed by atoms with van der Waals surface area (Å²) in [6.07, 6.45) is 2.08. The van der Waals surface area contributed by atoms with Gasteiger partial charge in [-0.3, -0.25) is 4.79 Å². The first-order valence-electron chi connectivity index (χ1n) is 9.71. The Hall–Kier alpha value is -2.82. The standard InChI is InChI=1S/C23H27NO4/c1-15-11-16(2)13-19(12-15)27-14-22(25)28-17(3)23(26)24-21-10-6-8-18-7-4-5-9-20(18)21/h4-5,7,9,11-13,17,21H,6,8,10,14H2,1-3H3,(H,24,26)/t17-,21+/m0/s1. The first kappa shape index (κ1) is 19.9. The van der Waals surface area contributed by atoms with E-state index in [0.717, 1.165) is 36.0 Å². The third kappa shape index (κ3) is 5.12. The highest BCUT2D eigenvalue weighted by Gasteiger charge is 2.25. The molecule has 3 rings (SSSR count). The average Bonchev–Trinajstić information content (AvgIpc) is 2.66. The molecule has 0 unspecified atom stereocenters. The summed E-state index contributed by atoms with van der Waals surface area (Å²) in [5.41, 5.74) is 4.54. The molecule has 2 atom stereocenters. The maximum absolute atomic E-state index is 12.5. The van der Waals surface area contributed by atoms with E-state index in [2.05, 4.69) is 11.4 Å². The molecule has 5 nitrogen and oxygen atoms in total. The summed E-state index contributed by atoms with van der Waals surface area (Å²) in [5.74, 6) is -0.238. The molecule has 1 aliphatic rings. The second-order valence-corrected chi connectivity index (χ2v) is 7.40. The minimum atomic E-state index is -0.871. The van der Waals surface area contributed by atoms with Crippen molar-refractivity contribution < 1.29 is 19.1 Å². The Morgan fingerprint density at radius 2 is 1.86 bits per heavy atom. The Labute approximate surface area is 166 Å². The molecule has 2 aromatic carbocycles. The smallest absolute Gasteiger partial charge is 0.344 e. The van der Waals surface area contributed by atoms with Gasteiger partial charge in [0.2, 0.25) is 0 Å². The van der Waals surface area contributed by atoms with Gasteiger partial charge in [0.15, 0.2) is 12.7 Å². The van der Waals surface area contributed by atoms with E-state index in [9.17, 15) is 9.59 Å². The van der Waals surface area contributed by atoms with Gasteiger partial charge in [-0.15, -0.1) is 0 Å². The van der Waals surface area contributed by atoms with E-state index in [-0.39, 0.29) is 18.6 Å². The van der Waals surface area contributed by atoms with Crippen molar-refractivity contribution in [3.8, 4) is 5.75 Å². The summed E-state index contributed by atoms with van der Waals surface area (Å²) >= 11 is 0. The van der Waals surface area contributed by atoms with Gasteiger partial charge in [-0.2, -0.15) is 0 Å². The number of aryl methyl sites for hydroxylation is 3. The lowest BCUT2D eigenvalue weighted by Crippen LogP contribution is -2.39. The fourth-order valence-electron chi connectivity index (χ4n) is 3.64. The van der Waals surface area contributed by atoms with Crippen LogP contribution in [0.4, 0.5) is 0 Å². The first-order chi connectivity index (χ1) is 13.4. The third-order valence-electron chi connectivity index (χ3n) is 4.92. The first-order valence-corrected chi connectivity index (χ1v) is 9.71. The number of fused-ring (bicyclic) bond motifs is 1. The van der Waals surface area contributed by atoms with Gasteiger partial charge in [0, 0.05) is 0 Å². The summed E-state index contributed by atoms with van der Waals surface area (Å²) in [4.78, 5) is 24.6. The molecule has 0 bridgehead atoms. The SMILES string of the molecule is Cc1cc(C)cc(OCC(=O)O[C@@H](C)C(=O)N[C@@H]2CCCc3ccccc32)c1. The number of esters is 1. The molecule has 0 spiro atoms. The van der Waals surface area contributed by atoms with Crippen molar-refractivity contribution in [2.45, 2.75) is 52.2 Å². The van der Waals surface area contributed by atoms with E-state index in [4.69, 9.17) is 9.47 Å². The van der Waals surface area contributed by atoms with Gasteiger partial charge in [0.1, 0.15) is 5.75 Å². The van der Waals surface area contributed by atoms with Crippen LogP contribution in [0.25, 0.3) is 0 Å². The number of hydrogen-bond donors (Lipinski definition) is 1. The van der Waals surface area contributed by atoms with Gasteiger partial charge in [-0.25, -0.2) is 4.79 Å². The monoisotopic (exact) mass is 381 g/mol. The van der Waals surface area contributed by atoms with E-state index in [1.165, 1.54) is 5.56 Å². The maximum Gasteiger partial charge on any atom is 0.344 e. The molecule has 0 aromatic heterocycles. The highest BCUT2D eigenvalue weighted by atomic mass is 16.6. The summed E-state index contributed by atoms with van der Waals surface area (Å²) in [6, 6.07) is 13.9. The van der Waals surface area contributed by atoms with Crippen LogP contribution < -0.4 is 10.1 Å². The summed E-state index contributed by atoms with van der Waals surface area (Å²) in [5, 5.41) is 3.01. The van der Waals surface area contributed by atoms with Gasteiger partial charge in [-0.05, 0) is 74.4 Å². The molecule has 1 amide bonds. The minimum Gasteiger partial charge on any atom is -0.482 e. The van der Waals surface area contributed by atoms with Crippen molar-refractivity contribution in [1.29, 1.82) is 0 Å². The topological polar surface area (TPSA) is 64.6 Å². The van der Waals surface area contributed by atoms with Crippen LogP contribution in [0.2, 0.25) is 0 Å². The van der Waals surface area contributed by atoms with Gasteiger partial charge >= 0.3 is 5.97 Å². The Balaban J connectivity index is 1.51. The van der Waals surface area contributed by atoms with Crippen LogP contribution in [-0.2, 0) is 20.7 Å². The van der Waals surface area contributed by atoms with Crippen molar-refractivity contribution in [3.05, 3.63) is 64.7 Å². The zero-order valence-electron chi connectivity index (χ0n) is 16.7. The number of carbonyl (C=O) groups excluding carboxylic acids is 2. The van der Waals surface area contributed by atoms with Crippen LogP contribution in [0, 0.1) is 13.8 Å². The highest BCUT2D eigenvalue weighted by molar-refractivity contribution is 5.84. The number of carbonyl (C=O) groups is 2. The molecular weight excluding hydrogens is 354 g/mol. The molecular formula is C23H27NO4. The summed E-state index contributed by atoms with van der Waals surface area (Å²) in [7, 11) is 0. The maximum atomic E-state index is 12.5. The van der Waals surface area contributed by atoms with Gasteiger partial charge in [-0.1, -0.05) is 30.3 Å². The number of hydrogen-bond acceptors (Lipinski definition) is 4. The molecule has 0 saturated carbocycles. The molecule has 2 aromatic rings. The number of benzene rings is 2. The Morgan fingerprint density at radius 3 is 2.61 bits per heavy atom. The zero-order valence-corrected chi connectivity index (χ0v) is 16.7. The summed E-state index contributed by atoms with van der Waals surface area (Å²) in [6.45, 7) is 5.29. The molecule has 0 radical (unpaired) electrons. The molecule has 0 fully saturated rings. The van der Waals surface area contributed by atoms with Gasteiger partial charge < -0.3 is 14.8 Å². The largest absolute Gasteiger partial charge is 0.482 e. The molecule has 0 aliphatic heterocycles. The molecule has 0 heterocycles. The number of nitrogens with one attached hydrogen (secondary N) is 1. The van der Waals surface area contributed by atoms with Crippen molar-refractivity contribution in [3.63, 3.8) is 0 Å². The van der Waals surface area contributed by atoms with Crippen LogP contribution in [0.15, 0.2) is 42.5 Å². The van der Waals surface area contributed by atoms with Crippen LogP contribution >= 0.6 is 0 Å². The fourth-order valence-corrected chi connectivity index (χ4v) is 3.64. The van der Waals surface area contributed by atoms with Gasteiger partial charge in [0.05, 0.1) is 6.04 Å². The van der Waals surface area contributed by atoms with E-state index >= 15 is 0 Å². The molecule has 28 heavy (non-hydrogen) atoms. The van der Waals surface area contributed by atoms with E-state index in [1.807, 2.05) is 50.2 Å². The summed E-state index contributed by atoms with van der Waals surface area (Å²) < 4.78 is 10.7. The number of rotatable bonds is 6. The lowest BCUT2D eigenvalue weighted by molar-refractivity contribution is -0.156. The van der Waals surface area contributed by atoms with Crippen LogP contribution in [0.3, 0.4) is 0 Å². The molecule has 5 heteroatoms. The van der Waals surface area contributed by atoms with E-state index in [1.54, 1.807) is 6.92 Å². The van der Waals surface area contributed by atoms with E-state index in [0.29, 0.717) is 5.75 Å². The average molecular weight is 381 g/mol. The van der Waals surface area contributed by atoms with Crippen LogP contribution in [0.1, 0.15) is 48.1 Å². The van der Waals surface area contributed by atoms with Crippen LogP contribution in [0.5, 0.6) is 5.75 Å². The number of ether oxygens (including phenoxy) is 2. The fraction of sp³-hybridized carbons (Fsp3) is 0.391. The Bertz CT molecular complexity index is 841. The van der Waals surface area contributed by atoms with Crippen LogP contribution in [-0.4, -0.2) is 24.6 Å². The third-order valence-corrected chi connectivity index (χ3v) is 4.92. The zero-order chi connectivity index (χ0) is 20.1. The Morgan fingerprint density at radius 1 is 1.14 bits per heavy atom. The van der Waals surface area contributed by atoms with E-state index < -0.39 is 12.1 Å². The van der Waals surface area contributed by atoms with Crippen molar-refractivity contribution in [1.82, 2.24) is 5.32 Å². The number of amides is 1. The molecule has 1 aliphatic carbocycles. The predicted octanol–water partition coefficient (Wildman–Crippen LogP) is 3.81. The van der Waals surface area contributed by atoms with Crippen molar-refractivity contribution in [2.75, 3.05) is 6.61 Å². The molecule has 1 N–H and O–H groups in total. The van der Waals surface area contributed by atoms with Crippen molar-refractivity contribution in [2.24, 2.45) is 0 Å². The van der Waals surface area contributed by atoms with Gasteiger partial charge in [0.25, 0.3) is 5.91 Å². The minimum absolute atomic E-state index is 0.0369. The normalized spacial score (nSPS) is 16.6. The molecule has 148 valence electrons. The van der Waals surface area contributed by atoms with Crippen molar-refractivity contribution >= 4 is 11.9 Å². The quantitative estimate of drug-likeness (QED) is 0.773. The molecule has 0 saturated heterocycles. The second-order valence-electron chi connectivity index (χ2n) is 7.40. The lowest BCUT2D eigenvalue weighted by Gasteiger charge is -2.27. The predicted molar refractivity (Wildman–Crippen MR) is 107 cm³/mol. The Kier molecular flexibility index (Phi) is 6.34. The second kappa shape index (κ2) is 8.91. The highest BCUT2D eigenvalue weighted by Crippen LogP contribution is 2.29.